The fourth-order valence-corrected chi connectivity index (χ4v) is 8.91. The highest BCUT2D eigenvalue weighted by atomic mass is 32.2. The zero-order valence-corrected chi connectivity index (χ0v) is 18.4. The quantitative estimate of drug-likeness (QED) is 0.466. The van der Waals surface area contributed by atoms with Crippen LogP contribution < -0.4 is 0 Å². The smallest absolute Gasteiger partial charge is 0.0351 e. The van der Waals surface area contributed by atoms with Crippen molar-refractivity contribution in [2.75, 3.05) is 0 Å². The summed E-state index contributed by atoms with van der Waals surface area (Å²) in [6, 6.07) is 8.94. The first-order chi connectivity index (χ1) is 13.7. The normalized spacial score (nSPS) is 34.2. The highest BCUT2D eigenvalue weighted by Crippen LogP contribution is 2.56. The van der Waals surface area contributed by atoms with E-state index in [0.29, 0.717) is 0 Å². The zero-order valence-electron chi connectivity index (χ0n) is 16.8. The molecule has 3 aliphatic carbocycles. The summed E-state index contributed by atoms with van der Waals surface area (Å²) in [6.07, 6.45) is 14.4. The molecule has 1 saturated carbocycles. The Kier molecular flexibility index (Phi) is 4.17. The molecule has 28 heavy (non-hydrogen) atoms. The maximum Gasteiger partial charge on any atom is 0.0351 e. The van der Waals surface area contributed by atoms with Gasteiger partial charge in [-0.25, -0.2) is 0 Å². The van der Waals surface area contributed by atoms with Gasteiger partial charge in [-0.2, -0.15) is 0 Å². The fourth-order valence-electron chi connectivity index (χ4n) is 5.99. The monoisotopic (exact) mass is 404 g/mol. The van der Waals surface area contributed by atoms with E-state index in [4.69, 9.17) is 0 Å². The van der Waals surface area contributed by atoms with Gasteiger partial charge in [-0.05, 0) is 85.8 Å². The molecule has 1 aromatic heterocycles. The first-order valence-corrected chi connectivity index (χ1v) is 12.6. The average Bonchev–Trinajstić information content (AvgIpc) is 3.25. The Morgan fingerprint density at radius 1 is 1.07 bits per heavy atom. The molecule has 0 radical (unpaired) electrons. The topological polar surface area (TPSA) is 0 Å². The Morgan fingerprint density at radius 2 is 1.96 bits per heavy atom. The van der Waals surface area contributed by atoms with Crippen LogP contribution in [-0.2, 0) is 6.42 Å². The number of allylic oxidation sites excluding steroid dienone is 4. The van der Waals surface area contributed by atoms with Crippen molar-refractivity contribution in [3.63, 3.8) is 0 Å². The number of thioether (sulfide) groups is 1. The molecule has 0 nitrogen and oxygen atoms in total. The van der Waals surface area contributed by atoms with Crippen molar-refractivity contribution >= 4 is 39.3 Å². The number of thiophene rings is 1. The number of rotatable bonds is 1. The third-order valence-corrected chi connectivity index (χ3v) is 10.5. The number of benzene rings is 1. The third kappa shape index (κ3) is 2.71. The van der Waals surface area contributed by atoms with Crippen LogP contribution in [0.3, 0.4) is 0 Å². The van der Waals surface area contributed by atoms with E-state index < -0.39 is 0 Å². The third-order valence-electron chi connectivity index (χ3n) is 7.78. The molecule has 0 spiro atoms. The van der Waals surface area contributed by atoms with Crippen molar-refractivity contribution in [3.8, 4) is 0 Å². The van der Waals surface area contributed by atoms with Crippen molar-refractivity contribution < 1.29 is 0 Å². The minimum Gasteiger partial charge on any atom is -0.140 e. The molecule has 1 fully saturated rings. The molecule has 6 rings (SSSR count). The van der Waals surface area contributed by atoms with Crippen LogP contribution in [0, 0.1) is 23.7 Å². The standard InChI is InChI=1S/C26H28S2/c1-15-11-21-22-13-17(8-10-24(22)28-25(21)12-16(15)2)18-7-9-20-19-5-3-4-6-23(19)27-26(20)14-18/h3-7,9,12,15,17-18,22,24H,8,10-11,13-14H2,1-2H3. The van der Waals surface area contributed by atoms with E-state index >= 15 is 0 Å². The van der Waals surface area contributed by atoms with Gasteiger partial charge in [0.2, 0.25) is 0 Å². The van der Waals surface area contributed by atoms with Crippen molar-refractivity contribution in [3.05, 3.63) is 62.9 Å². The molecule has 144 valence electrons. The molecule has 5 atom stereocenters. The molecule has 0 bridgehead atoms. The van der Waals surface area contributed by atoms with Crippen LogP contribution in [0.1, 0.15) is 50.0 Å². The summed E-state index contributed by atoms with van der Waals surface area (Å²) in [5.41, 5.74) is 4.92. The van der Waals surface area contributed by atoms with E-state index in [0.717, 1.165) is 28.9 Å². The SMILES string of the molecule is CC1=CC2=C(CC1C)C1CC(C3C=Cc4c(sc5ccccc45)C3)CCC1S2. The number of hydrogen-bond acceptors (Lipinski definition) is 2. The lowest BCUT2D eigenvalue weighted by molar-refractivity contribution is 0.244. The molecule has 1 aromatic carbocycles. The average molecular weight is 405 g/mol. The Hall–Kier alpha value is -1.25. The minimum atomic E-state index is 0.745. The second-order valence-electron chi connectivity index (χ2n) is 9.38. The summed E-state index contributed by atoms with van der Waals surface area (Å²) < 4.78 is 1.46. The van der Waals surface area contributed by atoms with Gasteiger partial charge in [0.15, 0.2) is 0 Å². The summed E-state index contributed by atoms with van der Waals surface area (Å²) >= 11 is 4.25. The van der Waals surface area contributed by atoms with Gasteiger partial charge < -0.3 is 0 Å². The maximum absolute atomic E-state index is 2.57. The van der Waals surface area contributed by atoms with Crippen molar-refractivity contribution in [2.45, 2.75) is 51.2 Å². The second-order valence-corrected chi connectivity index (χ2v) is 11.8. The van der Waals surface area contributed by atoms with E-state index in [2.05, 4.69) is 68.1 Å². The number of fused-ring (bicyclic) bond motifs is 5. The highest BCUT2D eigenvalue weighted by Gasteiger charge is 2.42. The molecule has 2 aromatic rings. The minimum absolute atomic E-state index is 0.745. The first kappa shape index (κ1) is 17.6. The molecule has 0 N–H and O–H groups in total. The molecular formula is C26H28S2. The lowest BCUT2D eigenvalue weighted by Crippen LogP contribution is -2.30. The van der Waals surface area contributed by atoms with Crippen LogP contribution in [0.25, 0.3) is 16.2 Å². The van der Waals surface area contributed by atoms with Gasteiger partial charge in [0.25, 0.3) is 0 Å². The van der Waals surface area contributed by atoms with Gasteiger partial charge in [-0.3, -0.25) is 0 Å². The Balaban J connectivity index is 1.25. The first-order valence-electron chi connectivity index (χ1n) is 10.9. The lowest BCUT2D eigenvalue weighted by atomic mass is 9.69. The van der Waals surface area contributed by atoms with Crippen LogP contribution in [0.2, 0.25) is 0 Å². The molecule has 2 heterocycles. The summed E-state index contributed by atoms with van der Waals surface area (Å²) in [7, 11) is 0. The summed E-state index contributed by atoms with van der Waals surface area (Å²) in [6.45, 7) is 4.75. The largest absolute Gasteiger partial charge is 0.140 e. The van der Waals surface area contributed by atoms with E-state index in [-0.39, 0.29) is 0 Å². The predicted octanol–water partition coefficient (Wildman–Crippen LogP) is 7.86. The Bertz CT molecular complexity index is 1030. The van der Waals surface area contributed by atoms with Crippen LogP contribution in [-0.4, -0.2) is 5.25 Å². The van der Waals surface area contributed by atoms with E-state index in [1.165, 1.54) is 47.8 Å². The van der Waals surface area contributed by atoms with Crippen molar-refractivity contribution in [1.82, 2.24) is 0 Å². The van der Waals surface area contributed by atoms with Crippen LogP contribution in [0.15, 0.2) is 52.5 Å². The highest BCUT2D eigenvalue weighted by molar-refractivity contribution is 8.04. The van der Waals surface area contributed by atoms with Gasteiger partial charge in [0, 0.05) is 19.7 Å². The Morgan fingerprint density at radius 3 is 2.89 bits per heavy atom. The van der Waals surface area contributed by atoms with Gasteiger partial charge in [-0.15, -0.1) is 23.1 Å². The van der Waals surface area contributed by atoms with Gasteiger partial charge in [-0.1, -0.05) is 48.4 Å². The molecule has 0 amide bonds. The van der Waals surface area contributed by atoms with Gasteiger partial charge in [0.05, 0.1) is 0 Å². The predicted molar refractivity (Wildman–Crippen MR) is 125 cm³/mol. The fraction of sp³-hybridized carbons (Fsp3) is 0.462. The molecule has 4 aliphatic rings. The molecule has 1 aliphatic heterocycles. The van der Waals surface area contributed by atoms with Crippen LogP contribution in [0.4, 0.5) is 0 Å². The van der Waals surface area contributed by atoms with Gasteiger partial charge in [0.1, 0.15) is 0 Å². The van der Waals surface area contributed by atoms with E-state index in [1.807, 2.05) is 16.9 Å². The lowest BCUT2D eigenvalue weighted by Gasteiger charge is -2.37. The Labute approximate surface area is 176 Å². The maximum atomic E-state index is 2.57. The summed E-state index contributed by atoms with van der Waals surface area (Å²) in [4.78, 5) is 3.28. The van der Waals surface area contributed by atoms with E-state index in [1.54, 1.807) is 15.4 Å². The summed E-state index contributed by atoms with van der Waals surface area (Å²) in [5.74, 6) is 3.21. The van der Waals surface area contributed by atoms with Gasteiger partial charge >= 0.3 is 0 Å². The summed E-state index contributed by atoms with van der Waals surface area (Å²) in [5, 5.41) is 2.32. The molecule has 5 unspecified atom stereocenters. The zero-order chi connectivity index (χ0) is 18.8. The molecule has 2 heteroatoms. The van der Waals surface area contributed by atoms with Crippen LogP contribution in [0.5, 0.6) is 0 Å². The molecular weight excluding hydrogens is 376 g/mol. The van der Waals surface area contributed by atoms with Crippen LogP contribution >= 0.6 is 23.1 Å². The van der Waals surface area contributed by atoms with Crippen molar-refractivity contribution in [2.24, 2.45) is 23.7 Å². The molecule has 0 saturated heterocycles. The number of hydrogen-bond donors (Lipinski definition) is 0. The second kappa shape index (κ2) is 6.64. The van der Waals surface area contributed by atoms with E-state index in [9.17, 15) is 0 Å². The van der Waals surface area contributed by atoms with Crippen molar-refractivity contribution in [1.29, 1.82) is 0 Å².